The lowest BCUT2D eigenvalue weighted by Crippen LogP contribution is -2.40. The van der Waals surface area contributed by atoms with E-state index in [2.05, 4.69) is 10.4 Å². The molecule has 0 aromatic carbocycles. The van der Waals surface area contributed by atoms with Crippen LogP contribution in [0.4, 0.5) is 0 Å². The molecule has 1 saturated heterocycles. The molecule has 2 aliphatic rings. The summed E-state index contributed by atoms with van der Waals surface area (Å²) in [5.41, 5.74) is 3.88. The van der Waals surface area contributed by atoms with E-state index in [0.29, 0.717) is 5.54 Å². The molecule has 0 radical (unpaired) electrons. The molecule has 0 aromatic rings. The second-order valence-electron chi connectivity index (χ2n) is 3.20. The van der Waals surface area contributed by atoms with E-state index in [1.807, 2.05) is 7.05 Å². The van der Waals surface area contributed by atoms with Crippen molar-refractivity contribution in [1.82, 2.24) is 10.4 Å². The first-order valence-electron chi connectivity index (χ1n) is 3.82. The lowest BCUT2D eigenvalue weighted by molar-refractivity contribution is 0.172. The first kappa shape index (κ1) is 5.69. The molecule has 1 aliphatic heterocycles. The van der Waals surface area contributed by atoms with Gasteiger partial charge < -0.3 is 0 Å². The number of rotatable bonds is 1. The van der Waals surface area contributed by atoms with Gasteiger partial charge in [-0.05, 0) is 32.7 Å². The van der Waals surface area contributed by atoms with Gasteiger partial charge in [0.25, 0.3) is 0 Å². The van der Waals surface area contributed by atoms with Crippen LogP contribution in [-0.2, 0) is 0 Å². The fourth-order valence-electron chi connectivity index (χ4n) is 1.95. The van der Waals surface area contributed by atoms with Crippen LogP contribution >= 0.6 is 0 Å². The minimum atomic E-state index is 0.634. The smallest absolute Gasteiger partial charge is 0.0356 e. The van der Waals surface area contributed by atoms with Gasteiger partial charge in [-0.1, -0.05) is 0 Å². The van der Waals surface area contributed by atoms with Crippen LogP contribution in [0.2, 0.25) is 0 Å². The predicted octanol–water partition coefficient (Wildman–Crippen LogP) is 0.749. The van der Waals surface area contributed by atoms with E-state index in [9.17, 15) is 0 Å². The second-order valence-corrected chi connectivity index (χ2v) is 3.20. The summed E-state index contributed by atoms with van der Waals surface area (Å²) < 4.78 is 0. The third-order valence-corrected chi connectivity index (χ3v) is 2.69. The molecule has 2 rings (SSSR count). The molecule has 0 aromatic heterocycles. The summed E-state index contributed by atoms with van der Waals surface area (Å²) in [5.74, 6) is 0. The Bertz CT molecular complexity index is 118. The van der Waals surface area contributed by atoms with Crippen molar-refractivity contribution in [1.29, 1.82) is 0 Å². The SMILES string of the molecule is CNN1CCCC12CC2. The molecule has 1 spiro atoms. The van der Waals surface area contributed by atoms with Crippen molar-refractivity contribution in [3.8, 4) is 0 Å². The summed E-state index contributed by atoms with van der Waals surface area (Å²) in [6.45, 7) is 1.26. The minimum Gasteiger partial charge on any atom is -0.258 e. The zero-order chi connectivity index (χ0) is 6.32. The molecule has 52 valence electrons. The standard InChI is InChI=1S/C7H14N2/c1-8-9-6-2-3-7(9)4-5-7/h8H,2-6H2,1H3. The van der Waals surface area contributed by atoms with Crippen molar-refractivity contribution < 1.29 is 0 Å². The monoisotopic (exact) mass is 126 g/mol. The summed E-state index contributed by atoms with van der Waals surface area (Å²) in [6, 6.07) is 0. The van der Waals surface area contributed by atoms with Crippen LogP contribution in [0, 0.1) is 0 Å². The molecule has 2 fully saturated rings. The van der Waals surface area contributed by atoms with E-state index >= 15 is 0 Å². The van der Waals surface area contributed by atoms with Crippen molar-refractivity contribution in [2.24, 2.45) is 0 Å². The first-order chi connectivity index (χ1) is 4.37. The highest BCUT2D eigenvalue weighted by molar-refractivity contribution is 5.05. The topological polar surface area (TPSA) is 15.3 Å². The maximum absolute atomic E-state index is 3.25. The van der Waals surface area contributed by atoms with Crippen molar-refractivity contribution in [2.45, 2.75) is 31.2 Å². The molecule has 1 saturated carbocycles. The van der Waals surface area contributed by atoms with Gasteiger partial charge in [0, 0.05) is 12.1 Å². The fraction of sp³-hybridized carbons (Fsp3) is 1.00. The van der Waals surface area contributed by atoms with E-state index in [-0.39, 0.29) is 0 Å². The Morgan fingerprint density at radius 3 is 2.56 bits per heavy atom. The lowest BCUT2D eigenvalue weighted by atomic mass is 10.2. The molecule has 0 amide bonds. The van der Waals surface area contributed by atoms with Crippen LogP contribution in [0.1, 0.15) is 25.7 Å². The van der Waals surface area contributed by atoms with Gasteiger partial charge in [-0.3, -0.25) is 5.43 Å². The number of hydrazine groups is 1. The minimum absolute atomic E-state index is 0.634. The van der Waals surface area contributed by atoms with E-state index < -0.39 is 0 Å². The van der Waals surface area contributed by atoms with Crippen LogP contribution in [0.3, 0.4) is 0 Å². The number of hydrogen-bond acceptors (Lipinski definition) is 2. The van der Waals surface area contributed by atoms with Gasteiger partial charge in [0.2, 0.25) is 0 Å². The quantitative estimate of drug-likeness (QED) is 0.557. The number of nitrogens with zero attached hydrogens (tertiary/aromatic N) is 1. The molecule has 1 aliphatic carbocycles. The first-order valence-corrected chi connectivity index (χ1v) is 3.82. The van der Waals surface area contributed by atoms with Crippen molar-refractivity contribution in [2.75, 3.05) is 13.6 Å². The molecule has 0 atom stereocenters. The summed E-state index contributed by atoms with van der Waals surface area (Å²) in [7, 11) is 2.03. The highest BCUT2D eigenvalue weighted by Crippen LogP contribution is 2.48. The van der Waals surface area contributed by atoms with Gasteiger partial charge in [0.1, 0.15) is 0 Å². The van der Waals surface area contributed by atoms with Gasteiger partial charge in [-0.25, -0.2) is 5.01 Å². The van der Waals surface area contributed by atoms with Gasteiger partial charge in [0.15, 0.2) is 0 Å². The van der Waals surface area contributed by atoms with Crippen molar-refractivity contribution in [3.63, 3.8) is 0 Å². The summed E-state index contributed by atoms with van der Waals surface area (Å²) in [5, 5.41) is 2.41. The maximum Gasteiger partial charge on any atom is 0.0356 e. The third kappa shape index (κ3) is 0.700. The average molecular weight is 126 g/mol. The predicted molar refractivity (Wildman–Crippen MR) is 37.0 cm³/mol. The van der Waals surface area contributed by atoms with E-state index in [4.69, 9.17) is 0 Å². The van der Waals surface area contributed by atoms with Crippen LogP contribution in [0.25, 0.3) is 0 Å². The number of hydrogen-bond donors (Lipinski definition) is 1. The second kappa shape index (κ2) is 1.70. The van der Waals surface area contributed by atoms with Gasteiger partial charge in [0.05, 0.1) is 0 Å². The van der Waals surface area contributed by atoms with Gasteiger partial charge in [-0.2, -0.15) is 0 Å². The van der Waals surface area contributed by atoms with E-state index in [0.717, 1.165) is 0 Å². The Morgan fingerprint density at radius 1 is 1.33 bits per heavy atom. The van der Waals surface area contributed by atoms with Gasteiger partial charge >= 0.3 is 0 Å². The third-order valence-electron chi connectivity index (χ3n) is 2.69. The molecular weight excluding hydrogens is 112 g/mol. The van der Waals surface area contributed by atoms with Crippen LogP contribution in [-0.4, -0.2) is 24.1 Å². The average Bonchev–Trinajstić information content (AvgIpc) is 2.45. The Hall–Kier alpha value is -0.0800. The van der Waals surface area contributed by atoms with E-state index in [1.165, 1.54) is 32.2 Å². The number of nitrogens with one attached hydrogen (secondary N) is 1. The maximum atomic E-state index is 3.25. The molecule has 1 heterocycles. The van der Waals surface area contributed by atoms with Crippen LogP contribution in [0.15, 0.2) is 0 Å². The Kier molecular flexibility index (Phi) is 1.08. The van der Waals surface area contributed by atoms with Gasteiger partial charge in [-0.15, -0.1) is 0 Å². The molecule has 2 nitrogen and oxygen atoms in total. The highest BCUT2D eigenvalue weighted by Gasteiger charge is 2.50. The zero-order valence-electron chi connectivity index (χ0n) is 5.98. The van der Waals surface area contributed by atoms with Crippen molar-refractivity contribution in [3.05, 3.63) is 0 Å². The zero-order valence-corrected chi connectivity index (χ0v) is 5.98. The fourth-order valence-corrected chi connectivity index (χ4v) is 1.95. The normalized spacial score (nSPS) is 31.7. The molecule has 9 heavy (non-hydrogen) atoms. The van der Waals surface area contributed by atoms with Crippen molar-refractivity contribution >= 4 is 0 Å². The summed E-state index contributed by atoms with van der Waals surface area (Å²) >= 11 is 0. The summed E-state index contributed by atoms with van der Waals surface area (Å²) in [4.78, 5) is 0. The summed E-state index contributed by atoms with van der Waals surface area (Å²) in [6.07, 6.45) is 5.66. The molecule has 0 unspecified atom stereocenters. The molecule has 0 bridgehead atoms. The molecule has 2 heteroatoms. The largest absolute Gasteiger partial charge is 0.258 e. The molecule has 1 N–H and O–H groups in total. The van der Waals surface area contributed by atoms with Crippen LogP contribution < -0.4 is 5.43 Å². The van der Waals surface area contributed by atoms with E-state index in [1.54, 1.807) is 0 Å². The molecular formula is C7H14N2. The van der Waals surface area contributed by atoms with Crippen LogP contribution in [0.5, 0.6) is 0 Å². The lowest BCUT2D eigenvalue weighted by Gasteiger charge is -2.21. The Balaban J connectivity index is 2.05. The highest BCUT2D eigenvalue weighted by atomic mass is 15.5. The Morgan fingerprint density at radius 2 is 2.11 bits per heavy atom. The Labute approximate surface area is 56.2 Å².